The maximum Gasteiger partial charge on any atom is 0.494 e. The predicted octanol–water partition coefficient (Wildman–Crippen LogP) is 2.47. The Labute approximate surface area is 116 Å². The third-order valence-electron chi connectivity index (χ3n) is 4.19. The van der Waals surface area contributed by atoms with Gasteiger partial charge in [0.05, 0.1) is 11.2 Å². The topological polar surface area (TPSA) is 18.5 Å². The molecule has 0 atom stereocenters. The molecule has 0 saturated carbocycles. The Bertz CT molecular complexity index is 510. The van der Waals surface area contributed by atoms with Gasteiger partial charge in [-0.2, -0.15) is 0 Å². The molecule has 100 valence electrons. The molecule has 2 rings (SSSR count). The van der Waals surface area contributed by atoms with E-state index in [1.165, 1.54) is 5.56 Å². The second kappa shape index (κ2) is 4.70. The minimum atomic E-state index is -0.317. The lowest BCUT2D eigenvalue weighted by Crippen LogP contribution is -2.41. The first-order valence-electron chi connectivity index (χ1n) is 6.65. The Hall–Kier alpha value is -1.24. The zero-order chi connectivity index (χ0) is 14.3. The van der Waals surface area contributed by atoms with Gasteiger partial charge < -0.3 is 9.31 Å². The van der Waals surface area contributed by atoms with Crippen molar-refractivity contribution in [3.05, 3.63) is 29.3 Å². The van der Waals surface area contributed by atoms with Crippen molar-refractivity contribution in [2.24, 2.45) is 0 Å². The quantitative estimate of drug-likeness (QED) is 0.597. The monoisotopic (exact) mass is 256 g/mol. The number of aryl methyl sites for hydroxylation is 1. The Morgan fingerprint density at radius 2 is 1.74 bits per heavy atom. The first-order valence-corrected chi connectivity index (χ1v) is 6.65. The van der Waals surface area contributed by atoms with Crippen LogP contribution in [0.25, 0.3) is 0 Å². The Balaban J connectivity index is 2.30. The molecule has 1 heterocycles. The number of hydrogen-bond donors (Lipinski definition) is 0. The third-order valence-corrected chi connectivity index (χ3v) is 4.19. The van der Waals surface area contributed by atoms with Gasteiger partial charge >= 0.3 is 7.12 Å². The number of terminal acetylenes is 1. The average molecular weight is 256 g/mol. The van der Waals surface area contributed by atoms with Crippen molar-refractivity contribution in [3.8, 4) is 12.3 Å². The third kappa shape index (κ3) is 2.56. The van der Waals surface area contributed by atoms with Gasteiger partial charge in [-0.15, -0.1) is 12.3 Å². The average Bonchev–Trinajstić information content (AvgIpc) is 2.51. The summed E-state index contributed by atoms with van der Waals surface area (Å²) >= 11 is 0. The summed E-state index contributed by atoms with van der Waals surface area (Å²) in [7, 11) is -0.317. The molecule has 1 aromatic rings. The van der Waals surface area contributed by atoms with E-state index in [9.17, 15) is 0 Å². The Morgan fingerprint density at radius 3 is 2.26 bits per heavy atom. The van der Waals surface area contributed by atoms with E-state index in [4.69, 9.17) is 15.7 Å². The minimum absolute atomic E-state index is 0.311. The SMILES string of the molecule is C#CCc1cc(B2OC(C)(C)C(C)(C)O2)ccc1C. The molecule has 2 nitrogen and oxygen atoms in total. The van der Waals surface area contributed by atoms with Crippen molar-refractivity contribution in [1.29, 1.82) is 0 Å². The molecular weight excluding hydrogens is 235 g/mol. The molecule has 0 amide bonds. The van der Waals surface area contributed by atoms with Gasteiger partial charge in [0.25, 0.3) is 0 Å². The number of hydrogen-bond acceptors (Lipinski definition) is 2. The lowest BCUT2D eigenvalue weighted by molar-refractivity contribution is 0.00578. The van der Waals surface area contributed by atoms with E-state index in [1.807, 2.05) is 0 Å². The zero-order valence-electron chi connectivity index (χ0n) is 12.4. The highest BCUT2D eigenvalue weighted by atomic mass is 16.7. The lowest BCUT2D eigenvalue weighted by Gasteiger charge is -2.32. The smallest absolute Gasteiger partial charge is 0.399 e. The molecule has 1 aliphatic heterocycles. The van der Waals surface area contributed by atoms with E-state index in [0.717, 1.165) is 11.0 Å². The summed E-state index contributed by atoms with van der Waals surface area (Å²) in [5.41, 5.74) is 2.78. The van der Waals surface area contributed by atoms with Crippen LogP contribution in [0.4, 0.5) is 0 Å². The fourth-order valence-corrected chi connectivity index (χ4v) is 2.12. The highest BCUT2D eigenvalue weighted by molar-refractivity contribution is 6.62. The summed E-state index contributed by atoms with van der Waals surface area (Å²) in [6, 6.07) is 6.22. The summed E-state index contributed by atoms with van der Waals surface area (Å²) in [5.74, 6) is 2.69. The van der Waals surface area contributed by atoms with Gasteiger partial charge in [-0.1, -0.05) is 18.2 Å². The molecule has 0 bridgehead atoms. The van der Waals surface area contributed by atoms with E-state index in [1.54, 1.807) is 0 Å². The van der Waals surface area contributed by atoms with Crippen LogP contribution in [-0.2, 0) is 15.7 Å². The van der Waals surface area contributed by atoms with Crippen LogP contribution in [0.5, 0.6) is 0 Å². The normalized spacial score (nSPS) is 20.3. The fourth-order valence-electron chi connectivity index (χ4n) is 2.12. The van der Waals surface area contributed by atoms with Crippen molar-refractivity contribution in [1.82, 2.24) is 0 Å². The zero-order valence-corrected chi connectivity index (χ0v) is 12.4. The minimum Gasteiger partial charge on any atom is -0.399 e. The molecule has 1 saturated heterocycles. The van der Waals surface area contributed by atoms with E-state index in [-0.39, 0.29) is 18.3 Å². The van der Waals surface area contributed by atoms with Crippen molar-refractivity contribution < 1.29 is 9.31 Å². The van der Waals surface area contributed by atoms with Gasteiger partial charge in [0.2, 0.25) is 0 Å². The van der Waals surface area contributed by atoms with Crippen LogP contribution < -0.4 is 5.46 Å². The van der Waals surface area contributed by atoms with Crippen LogP contribution in [-0.4, -0.2) is 18.3 Å². The molecule has 1 fully saturated rings. The van der Waals surface area contributed by atoms with Crippen LogP contribution in [0.2, 0.25) is 0 Å². The van der Waals surface area contributed by atoms with Gasteiger partial charge in [-0.25, -0.2) is 0 Å². The highest BCUT2D eigenvalue weighted by Gasteiger charge is 2.51. The molecule has 0 aliphatic carbocycles. The molecule has 1 aromatic carbocycles. The van der Waals surface area contributed by atoms with Crippen LogP contribution >= 0.6 is 0 Å². The molecular formula is C16H21BO2. The highest BCUT2D eigenvalue weighted by Crippen LogP contribution is 2.36. The molecule has 0 radical (unpaired) electrons. The van der Waals surface area contributed by atoms with Crippen molar-refractivity contribution >= 4 is 12.6 Å². The fraction of sp³-hybridized carbons (Fsp3) is 0.500. The second-order valence-corrected chi connectivity index (χ2v) is 6.16. The van der Waals surface area contributed by atoms with Gasteiger partial charge in [0.15, 0.2) is 0 Å². The molecule has 0 unspecified atom stereocenters. The summed E-state index contributed by atoms with van der Waals surface area (Å²) in [6.45, 7) is 10.3. The Kier molecular flexibility index (Phi) is 3.51. The van der Waals surface area contributed by atoms with Gasteiger partial charge in [-0.05, 0) is 51.2 Å². The second-order valence-electron chi connectivity index (χ2n) is 6.16. The largest absolute Gasteiger partial charge is 0.494 e. The van der Waals surface area contributed by atoms with E-state index >= 15 is 0 Å². The summed E-state index contributed by atoms with van der Waals surface area (Å²) in [5, 5.41) is 0. The molecule has 0 spiro atoms. The molecule has 0 N–H and O–H groups in total. The van der Waals surface area contributed by atoms with Crippen LogP contribution in [0.15, 0.2) is 18.2 Å². The number of rotatable bonds is 2. The lowest BCUT2D eigenvalue weighted by atomic mass is 9.77. The molecule has 0 aromatic heterocycles. The van der Waals surface area contributed by atoms with Gasteiger partial charge in [0, 0.05) is 6.42 Å². The van der Waals surface area contributed by atoms with Gasteiger partial charge in [0.1, 0.15) is 0 Å². The van der Waals surface area contributed by atoms with Crippen molar-refractivity contribution in [2.45, 2.75) is 52.2 Å². The first-order chi connectivity index (χ1) is 8.77. The van der Waals surface area contributed by atoms with E-state index < -0.39 is 0 Å². The van der Waals surface area contributed by atoms with Crippen LogP contribution in [0.1, 0.15) is 38.8 Å². The summed E-state index contributed by atoms with van der Waals surface area (Å²) in [4.78, 5) is 0. The summed E-state index contributed by atoms with van der Waals surface area (Å²) in [6.07, 6.45) is 6.04. The van der Waals surface area contributed by atoms with E-state index in [2.05, 4.69) is 58.7 Å². The molecule has 19 heavy (non-hydrogen) atoms. The summed E-state index contributed by atoms with van der Waals surface area (Å²) < 4.78 is 12.1. The van der Waals surface area contributed by atoms with Crippen LogP contribution in [0.3, 0.4) is 0 Å². The van der Waals surface area contributed by atoms with Crippen molar-refractivity contribution in [3.63, 3.8) is 0 Å². The van der Waals surface area contributed by atoms with E-state index in [0.29, 0.717) is 6.42 Å². The standard InChI is InChI=1S/C16H21BO2/c1-7-8-13-11-14(10-9-12(13)2)17-18-15(3,4)16(5,6)19-17/h1,9-11H,8H2,2-6H3. The van der Waals surface area contributed by atoms with Gasteiger partial charge in [-0.3, -0.25) is 0 Å². The Morgan fingerprint density at radius 1 is 1.16 bits per heavy atom. The van der Waals surface area contributed by atoms with Crippen molar-refractivity contribution in [2.75, 3.05) is 0 Å². The molecule has 1 aliphatic rings. The van der Waals surface area contributed by atoms with Crippen LogP contribution in [0, 0.1) is 19.3 Å². The number of benzene rings is 1. The molecule has 3 heteroatoms. The first kappa shape index (κ1) is 14.2. The maximum absolute atomic E-state index is 6.05. The maximum atomic E-state index is 6.05. The predicted molar refractivity (Wildman–Crippen MR) is 79.4 cm³/mol.